The van der Waals surface area contributed by atoms with Crippen molar-refractivity contribution in [2.75, 3.05) is 0 Å². The summed E-state index contributed by atoms with van der Waals surface area (Å²) in [5, 5.41) is 9.10. The van der Waals surface area contributed by atoms with Gasteiger partial charge in [0.25, 0.3) is 5.56 Å². The smallest absolute Gasteiger partial charge is 0.285 e. The second kappa shape index (κ2) is 7.56. The molecule has 0 amide bonds. The normalized spacial score (nSPS) is 11.7. The highest BCUT2D eigenvalue weighted by atomic mass is 16.3. The molecular weight excluding hydrogens is 392 g/mol. The van der Waals surface area contributed by atoms with Crippen LogP contribution >= 0.6 is 0 Å². The molecule has 5 aromatic rings. The molecule has 1 aromatic carbocycles. The molecule has 0 atom stereocenters. The summed E-state index contributed by atoms with van der Waals surface area (Å²) in [5.41, 5.74) is 4.12. The molecule has 0 fully saturated rings. The van der Waals surface area contributed by atoms with Crippen molar-refractivity contribution in [2.24, 2.45) is 5.10 Å². The van der Waals surface area contributed by atoms with E-state index in [9.17, 15) is 4.79 Å². The number of hydrogen-bond donors (Lipinski definition) is 0. The number of furan rings is 1. The first-order valence-corrected chi connectivity index (χ1v) is 9.86. The van der Waals surface area contributed by atoms with Gasteiger partial charge in [-0.3, -0.25) is 4.79 Å². The lowest BCUT2D eigenvalue weighted by atomic mass is 10.3. The SMILES string of the molecule is Cc1cc(/C=N\n2cnc3c(cnn3-c3ccccc3)c2=O)c(C)n1Cc1ccco1. The fourth-order valence-electron chi connectivity index (χ4n) is 3.63. The first-order valence-electron chi connectivity index (χ1n) is 9.86. The third-order valence-corrected chi connectivity index (χ3v) is 5.30. The van der Waals surface area contributed by atoms with Crippen molar-refractivity contribution in [3.05, 3.63) is 100 Å². The second-order valence-electron chi connectivity index (χ2n) is 7.26. The molecule has 0 saturated heterocycles. The van der Waals surface area contributed by atoms with Gasteiger partial charge < -0.3 is 8.98 Å². The van der Waals surface area contributed by atoms with Crippen LogP contribution in [0.2, 0.25) is 0 Å². The Kier molecular flexibility index (Phi) is 4.59. The molecule has 8 nitrogen and oxygen atoms in total. The highest BCUT2D eigenvalue weighted by Gasteiger charge is 2.12. The molecule has 5 rings (SSSR count). The predicted octanol–water partition coefficient (Wildman–Crippen LogP) is 3.52. The van der Waals surface area contributed by atoms with Gasteiger partial charge in [0, 0.05) is 17.0 Å². The quantitative estimate of drug-likeness (QED) is 0.414. The van der Waals surface area contributed by atoms with E-state index in [4.69, 9.17) is 4.42 Å². The van der Waals surface area contributed by atoms with Gasteiger partial charge >= 0.3 is 0 Å². The summed E-state index contributed by atoms with van der Waals surface area (Å²) in [4.78, 5) is 17.3. The second-order valence-corrected chi connectivity index (χ2v) is 7.26. The molecular formula is C23H20N6O2. The molecule has 0 unspecified atom stereocenters. The largest absolute Gasteiger partial charge is 0.467 e. The summed E-state index contributed by atoms with van der Waals surface area (Å²) < 4.78 is 10.5. The maximum atomic E-state index is 12.9. The van der Waals surface area contributed by atoms with E-state index in [2.05, 4.69) is 19.8 Å². The summed E-state index contributed by atoms with van der Waals surface area (Å²) in [6.45, 7) is 4.70. The number of aryl methyl sites for hydroxylation is 1. The molecule has 0 aliphatic carbocycles. The van der Waals surface area contributed by atoms with Gasteiger partial charge in [-0.1, -0.05) is 18.2 Å². The van der Waals surface area contributed by atoms with Crippen molar-refractivity contribution < 1.29 is 4.42 Å². The summed E-state index contributed by atoms with van der Waals surface area (Å²) in [7, 11) is 0. The minimum absolute atomic E-state index is 0.271. The van der Waals surface area contributed by atoms with Crippen molar-refractivity contribution in [3.8, 4) is 5.69 Å². The maximum Gasteiger partial charge on any atom is 0.285 e. The molecule has 0 bridgehead atoms. The molecule has 0 aliphatic rings. The van der Waals surface area contributed by atoms with Gasteiger partial charge in [-0.2, -0.15) is 14.9 Å². The van der Waals surface area contributed by atoms with Crippen molar-refractivity contribution in [1.82, 2.24) is 24.0 Å². The zero-order chi connectivity index (χ0) is 21.4. The van der Waals surface area contributed by atoms with Crippen molar-refractivity contribution in [1.29, 1.82) is 0 Å². The topological polar surface area (TPSA) is 83.1 Å². The van der Waals surface area contributed by atoms with Crippen LogP contribution in [0.5, 0.6) is 0 Å². The van der Waals surface area contributed by atoms with E-state index in [1.54, 1.807) is 17.2 Å². The van der Waals surface area contributed by atoms with Crippen LogP contribution in [0.3, 0.4) is 0 Å². The zero-order valence-corrected chi connectivity index (χ0v) is 17.1. The van der Waals surface area contributed by atoms with Gasteiger partial charge in [0.05, 0.1) is 30.9 Å². The van der Waals surface area contributed by atoms with Crippen molar-refractivity contribution in [3.63, 3.8) is 0 Å². The average Bonchev–Trinajstić information content (AvgIpc) is 3.51. The van der Waals surface area contributed by atoms with Gasteiger partial charge in [0.15, 0.2) is 5.65 Å². The monoisotopic (exact) mass is 412 g/mol. The fourth-order valence-corrected chi connectivity index (χ4v) is 3.63. The molecule has 4 aromatic heterocycles. The summed E-state index contributed by atoms with van der Waals surface area (Å²) in [6.07, 6.45) is 6.29. The zero-order valence-electron chi connectivity index (χ0n) is 17.1. The molecule has 0 N–H and O–H groups in total. The number of aromatic nitrogens is 5. The summed E-state index contributed by atoms with van der Waals surface area (Å²) >= 11 is 0. The minimum atomic E-state index is -0.271. The van der Waals surface area contributed by atoms with Gasteiger partial charge in [-0.15, -0.1) is 0 Å². The number of para-hydroxylation sites is 1. The molecule has 8 heteroatoms. The molecule has 0 spiro atoms. The lowest BCUT2D eigenvalue weighted by Gasteiger charge is -2.07. The van der Waals surface area contributed by atoms with E-state index in [0.717, 1.165) is 28.4 Å². The Labute approximate surface area is 177 Å². The first-order chi connectivity index (χ1) is 15.1. The Morgan fingerprint density at radius 3 is 2.74 bits per heavy atom. The van der Waals surface area contributed by atoms with Crippen LogP contribution in [-0.4, -0.2) is 30.2 Å². The van der Waals surface area contributed by atoms with Crippen LogP contribution in [-0.2, 0) is 6.54 Å². The highest BCUT2D eigenvalue weighted by Crippen LogP contribution is 2.16. The van der Waals surface area contributed by atoms with Gasteiger partial charge in [-0.05, 0) is 44.2 Å². The molecule has 4 heterocycles. The lowest BCUT2D eigenvalue weighted by Crippen LogP contribution is -2.17. The van der Waals surface area contributed by atoms with E-state index < -0.39 is 0 Å². The van der Waals surface area contributed by atoms with Crippen LogP contribution < -0.4 is 5.56 Å². The van der Waals surface area contributed by atoms with Gasteiger partial charge in [0.2, 0.25) is 0 Å². The van der Waals surface area contributed by atoms with Crippen LogP contribution in [0.15, 0.2) is 81.6 Å². The van der Waals surface area contributed by atoms with E-state index in [1.165, 1.54) is 17.2 Å². The first kappa shape index (κ1) is 18.8. The number of rotatable bonds is 5. The summed E-state index contributed by atoms with van der Waals surface area (Å²) in [6, 6.07) is 15.4. The number of nitrogens with zero attached hydrogens (tertiary/aromatic N) is 6. The van der Waals surface area contributed by atoms with E-state index in [-0.39, 0.29) is 5.56 Å². The average molecular weight is 412 g/mol. The standard InChI is InChI=1S/C23H20N6O2/c1-16-11-18(17(2)27(16)14-20-9-6-10-31-20)12-25-28-15-24-22-21(23(28)30)13-26-29(22)19-7-4-3-5-8-19/h3-13,15H,14H2,1-2H3/b25-12-. The molecule has 154 valence electrons. The number of hydrogen-bond acceptors (Lipinski definition) is 5. The van der Waals surface area contributed by atoms with Crippen LogP contribution in [0.25, 0.3) is 16.7 Å². The Morgan fingerprint density at radius 1 is 1.13 bits per heavy atom. The highest BCUT2D eigenvalue weighted by molar-refractivity contribution is 5.82. The lowest BCUT2D eigenvalue weighted by molar-refractivity contribution is 0.489. The van der Waals surface area contributed by atoms with Gasteiger partial charge in [0.1, 0.15) is 17.5 Å². The van der Waals surface area contributed by atoms with Gasteiger partial charge in [-0.25, -0.2) is 9.67 Å². The van der Waals surface area contributed by atoms with E-state index in [1.807, 2.05) is 62.4 Å². The molecule has 31 heavy (non-hydrogen) atoms. The van der Waals surface area contributed by atoms with Crippen LogP contribution in [0.4, 0.5) is 0 Å². The molecule has 0 saturated carbocycles. The predicted molar refractivity (Wildman–Crippen MR) is 118 cm³/mol. The van der Waals surface area contributed by atoms with Crippen molar-refractivity contribution >= 4 is 17.2 Å². The Hall–Kier alpha value is -4.20. The number of fused-ring (bicyclic) bond motifs is 1. The fraction of sp³-hybridized carbons (Fsp3) is 0.130. The third kappa shape index (κ3) is 3.38. The van der Waals surface area contributed by atoms with Crippen molar-refractivity contribution in [2.45, 2.75) is 20.4 Å². The number of benzene rings is 1. The van der Waals surface area contributed by atoms with E-state index >= 15 is 0 Å². The Balaban J connectivity index is 1.47. The van der Waals surface area contributed by atoms with E-state index in [0.29, 0.717) is 17.6 Å². The maximum absolute atomic E-state index is 12.9. The van der Waals surface area contributed by atoms with Crippen LogP contribution in [0.1, 0.15) is 22.7 Å². The Morgan fingerprint density at radius 2 is 1.97 bits per heavy atom. The minimum Gasteiger partial charge on any atom is -0.467 e. The van der Waals surface area contributed by atoms with Crippen LogP contribution in [0, 0.1) is 13.8 Å². The Bertz CT molecular complexity index is 1440. The molecule has 0 aliphatic heterocycles. The molecule has 0 radical (unpaired) electrons. The summed E-state index contributed by atoms with van der Waals surface area (Å²) in [5.74, 6) is 0.881. The third-order valence-electron chi connectivity index (χ3n) is 5.30.